The van der Waals surface area contributed by atoms with Gasteiger partial charge in [0, 0.05) is 6.20 Å². The maximum absolute atomic E-state index is 11.6. The van der Waals surface area contributed by atoms with Gasteiger partial charge in [0.2, 0.25) is 0 Å². The second kappa shape index (κ2) is 5.57. The Balaban J connectivity index is 2.35. The molecule has 0 spiro atoms. The molecule has 0 fully saturated rings. The second-order valence-electron chi connectivity index (χ2n) is 4.43. The van der Waals surface area contributed by atoms with Crippen molar-refractivity contribution in [2.45, 2.75) is 13.8 Å². The molecule has 2 rings (SSSR count). The number of carbonyl (C=O) groups excluding carboxylic acids is 1. The SMILES string of the molecule is COC(=O)c1[nH]cc(C(C)=Cc2ccccc2)c1C. The first-order valence-electron chi connectivity index (χ1n) is 6.13. The minimum atomic E-state index is -0.337. The molecule has 98 valence electrons. The first kappa shape index (κ1) is 13.1. The van der Waals surface area contributed by atoms with Crippen molar-refractivity contribution in [2.24, 2.45) is 0 Å². The highest BCUT2D eigenvalue weighted by atomic mass is 16.5. The van der Waals surface area contributed by atoms with Crippen molar-refractivity contribution < 1.29 is 9.53 Å². The lowest BCUT2D eigenvalue weighted by Gasteiger charge is -2.02. The van der Waals surface area contributed by atoms with Gasteiger partial charge < -0.3 is 9.72 Å². The number of carbonyl (C=O) groups is 1. The van der Waals surface area contributed by atoms with E-state index >= 15 is 0 Å². The zero-order valence-electron chi connectivity index (χ0n) is 11.4. The van der Waals surface area contributed by atoms with Gasteiger partial charge in [-0.15, -0.1) is 0 Å². The van der Waals surface area contributed by atoms with Gasteiger partial charge in [0.25, 0.3) is 0 Å². The molecule has 0 unspecified atom stereocenters. The third kappa shape index (κ3) is 2.76. The number of methoxy groups -OCH3 is 1. The standard InChI is InChI=1S/C16H17NO2/c1-11(9-13-7-5-4-6-8-13)14-10-17-15(12(14)2)16(18)19-3/h4-10,17H,1-3H3. The maximum atomic E-state index is 11.6. The molecular weight excluding hydrogens is 238 g/mol. The van der Waals surface area contributed by atoms with Gasteiger partial charge in [-0.25, -0.2) is 4.79 Å². The van der Waals surface area contributed by atoms with Crippen molar-refractivity contribution >= 4 is 17.6 Å². The molecule has 0 saturated heterocycles. The zero-order chi connectivity index (χ0) is 13.8. The normalized spacial score (nSPS) is 11.4. The molecule has 0 aliphatic carbocycles. The molecular formula is C16H17NO2. The topological polar surface area (TPSA) is 42.1 Å². The van der Waals surface area contributed by atoms with Crippen molar-refractivity contribution in [3.63, 3.8) is 0 Å². The lowest BCUT2D eigenvalue weighted by atomic mass is 10.0. The van der Waals surface area contributed by atoms with E-state index in [1.54, 1.807) is 0 Å². The average Bonchev–Trinajstić information content (AvgIpc) is 2.81. The van der Waals surface area contributed by atoms with Crippen LogP contribution in [0.5, 0.6) is 0 Å². The van der Waals surface area contributed by atoms with Crippen LogP contribution in [0.3, 0.4) is 0 Å². The summed E-state index contributed by atoms with van der Waals surface area (Å²) in [5.41, 5.74) is 4.70. The average molecular weight is 255 g/mol. The van der Waals surface area contributed by atoms with Gasteiger partial charge in [-0.2, -0.15) is 0 Å². The summed E-state index contributed by atoms with van der Waals surface area (Å²) in [5.74, 6) is -0.337. The molecule has 3 nitrogen and oxygen atoms in total. The molecule has 0 aliphatic rings. The summed E-state index contributed by atoms with van der Waals surface area (Å²) in [6.45, 7) is 3.95. The minimum absolute atomic E-state index is 0.337. The number of aromatic amines is 1. The molecule has 0 saturated carbocycles. The Morgan fingerprint density at radius 1 is 1.26 bits per heavy atom. The highest BCUT2D eigenvalue weighted by Gasteiger charge is 2.15. The van der Waals surface area contributed by atoms with Crippen LogP contribution in [0, 0.1) is 6.92 Å². The Bertz CT molecular complexity index is 609. The van der Waals surface area contributed by atoms with Crippen LogP contribution in [0.4, 0.5) is 0 Å². The number of hydrogen-bond acceptors (Lipinski definition) is 2. The van der Waals surface area contributed by atoms with Crippen LogP contribution in [0.2, 0.25) is 0 Å². The van der Waals surface area contributed by atoms with Crippen LogP contribution in [0.25, 0.3) is 11.6 Å². The number of H-pyrrole nitrogens is 1. The Morgan fingerprint density at radius 2 is 1.95 bits per heavy atom. The quantitative estimate of drug-likeness (QED) is 0.850. The van der Waals surface area contributed by atoms with Crippen molar-refractivity contribution in [3.05, 3.63) is 58.9 Å². The van der Waals surface area contributed by atoms with Crippen LogP contribution >= 0.6 is 0 Å². The summed E-state index contributed by atoms with van der Waals surface area (Å²) in [6, 6.07) is 10.1. The molecule has 1 aromatic heterocycles. The second-order valence-corrected chi connectivity index (χ2v) is 4.43. The Hall–Kier alpha value is -2.29. The van der Waals surface area contributed by atoms with Gasteiger partial charge in [-0.3, -0.25) is 0 Å². The van der Waals surface area contributed by atoms with Gasteiger partial charge in [-0.1, -0.05) is 36.4 Å². The summed E-state index contributed by atoms with van der Waals surface area (Å²) in [5, 5.41) is 0. The van der Waals surface area contributed by atoms with Crippen LogP contribution in [0.15, 0.2) is 36.5 Å². The number of nitrogens with one attached hydrogen (secondary N) is 1. The molecule has 3 heteroatoms. The molecule has 0 radical (unpaired) electrons. The fourth-order valence-corrected chi connectivity index (χ4v) is 2.10. The minimum Gasteiger partial charge on any atom is -0.464 e. The van der Waals surface area contributed by atoms with Gasteiger partial charge in [0.1, 0.15) is 5.69 Å². The van der Waals surface area contributed by atoms with Gasteiger partial charge in [0.15, 0.2) is 0 Å². The fraction of sp³-hybridized carbons (Fsp3) is 0.188. The Labute approximate surface area is 112 Å². The number of benzene rings is 1. The molecule has 2 aromatic rings. The molecule has 1 aromatic carbocycles. The maximum Gasteiger partial charge on any atom is 0.354 e. The first-order valence-corrected chi connectivity index (χ1v) is 6.13. The highest BCUT2D eigenvalue weighted by molar-refractivity contribution is 5.92. The molecule has 1 heterocycles. The van der Waals surface area contributed by atoms with Crippen LogP contribution in [0.1, 0.15) is 34.1 Å². The van der Waals surface area contributed by atoms with E-state index in [0.717, 1.165) is 22.3 Å². The van der Waals surface area contributed by atoms with E-state index in [2.05, 4.69) is 11.1 Å². The van der Waals surface area contributed by atoms with E-state index in [4.69, 9.17) is 4.74 Å². The number of aromatic nitrogens is 1. The van der Waals surface area contributed by atoms with Crippen molar-refractivity contribution in [2.75, 3.05) is 7.11 Å². The van der Waals surface area contributed by atoms with E-state index < -0.39 is 0 Å². The van der Waals surface area contributed by atoms with Gasteiger partial charge >= 0.3 is 5.97 Å². The van der Waals surface area contributed by atoms with E-state index in [-0.39, 0.29) is 5.97 Å². The number of rotatable bonds is 3. The Kier molecular flexibility index (Phi) is 3.85. The van der Waals surface area contributed by atoms with E-state index in [1.807, 2.05) is 50.4 Å². The van der Waals surface area contributed by atoms with Gasteiger partial charge in [0.05, 0.1) is 7.11 Å². The third-order valence-electron chi connectivity index (χ3n) is 3.14. The Morgan fingerprint density at radius 3 is 2.58 bits per heavy atom. The van der Waals surface area contributed by atoms with E-state index in [0.29, 0.717) is 5.69 Å². The summed E-state index contributed by atoms with van der Waals surface area (Å²) >= 11 is 0. The molecule has 0 bridgehead atoms. The molecule has 0 aliphatic heterocycles. The van der Waals surface area contributed by atoms with E-state index in [9.17, 15) is 4.79 Å². The predicted octanol–water partition coefficient (Wildman–Crippen LogP) is 3.67. The van der Waals surface area contributed by atoms with E-state index in [1.165, 1.54) is 7.11 Å². The van der Waals surface area contributed by atoms with Crippen LogP contribution in [-0.2, 0) is 4.74 Å². The summed E-state index contributed by atoms with van der Waals surface area (Å²) < 4.78 is 4.74. The van der Waals surface area contributed by atoms with Crippen molar-refractivity contribution in [1.82, 2.24) is 4.98 Å². The summed E-state index contributed by atoms with van der Waals surface area (Å²) in [6.07, 6.45) is 3.94. The number of allylic oxidation sites excluding steroid dienone is 1. The monoisotopic (exact) mass is 255 g/mol. The fourth-order valence-electron chi connectivity index (χ4n) is 2.10. The molecule has 0 atom stereocenters. The highest BCUT2D eigenvalue weighted by Crippen LogP contribution is 2.23. The van der Waals surface area contributed by atoms with Crippen molar-refractivity contribution in [1.29, 1.82) is 0 Å². The summed E-state index contributed by atoms with van der Waals surface area (Å²) in [7, 11) is 1.38. The number of ether oxygens (including phenoxy) is 1. The number of esters is 1. The largest absolute Gasteiger partial charge is 0.464 e. The molecule has 1 N–H and O–H groups in total. The lowest BCUT2D eigenvalue weighted by Crippen LogP contribution is -2.03. The van der Waals surface area contributed by atoms with Crippen LogP contribution in [-0.4, -0.2) is 18.1 Å². The predicted molar refractivity (Wildman–Crippen MR) is 76.9 cm³/mol. The number of hydrogen-bond donors (Lipinski definition) is 1. The van der Waals surface area contributed by atoms with Crippen molar-refractivity contribution in [3.8, 4) is 0 Å². The summed E-state index contributed by atoms with van der Waals surface area (Å²) in [4.78, 5) is 14.5. The smallest absolute Gasteiger partial charge is 0.354 e. The third-order valence-corrected chi connectivity index (χ3v) is 3.14. The lowest BCUT2D eigenvalue weighted by molar-refractivity contribution is 0.0594. The zero-order valence-corrected chi connectivity index (χ0v) is 11.4. The molecule has 0 amide bonds. The first-order chi connectivity index (χ1) is 9.13. The van der Waals surface area contributed by atoms with Gasteiger partial charge in [-0.05, 0) is 36.1 Å². The van der Waals surface area contributed by atoms with Crippen LogP contribution < -0.4 is 0 Å². The molecule has 19 heavy (non-hydrogen) atoms.